The molecule has 0 spiro atoms. The maximum absolute atomic E-state index is 14.1. The van der Waals surface area contributed by atoms with Gasteiger partial charge in [0.2, 0.25) is 0 Å². The van der Waals surface area contributed by atoms with Crippen LogP contribution in [-0.2, 0) is 6.54 Å². The molecule has 2 aromatic rings. The summed E-state index contributed by atoms with van der Waals surface area (Å²) in [5.41, 5.74) is 1.21. The molecule has 1 N–H and O–H groups in total. The highest BCUT2D eigenvalue weighted by atomic mass is 19.1. The number of nitrogens with one attached hydrogen (secondary N) is 1. The Morgan fingerprint density at radius 3 is 2.73 bits per heavy atom. The number of hydrogen-bond donors (Lipinski definition) is 1. The summed E-state index contributed by atoms with van der Waals surface area (Å²) in [5.74, 6) is -0.186. The van der Waals surface area contributed by atoms with Gasteiger partial charge in [-0.15, -0.1) is 0 Å². The van der Waals surface area contributed by atoms with Gasteiger partial charge in [-0.3, -0.25) is 9.48 Å². The van der Waals surface area contributed by atoms with Crippen molar-refractivity contribution in [3.05, 3.63) is 35.8 Å². The Balaban J connectivity index is 2.37. The molecule has 5 nitrogen and oxygen atoms in total. The highest BCUT2D eigenvalue weighted by Crippen LogP contribution is 2.26. The van der Waals surface area contributed by atoms with Crippen LogP contribution in [0.5, 0.6) is 5.75 Å². The van der Waals surface area contributed by atoms with Crippen molar-refractivity contribution in [2.24, 2.45) is 0 Å². The number of carbonyl (C=O) groups is 1. The minimum Gasteiger partial charge on any atom is -0.497 e. The number of methoxy groups -OCH3 is 1. The van der Waals surface area contributed by atoms with Crippen LogP contribution in [0.4, 0.5) is 4.39 Å². The maximum Gasteiger partial charge on any atom is 0.269 e. The van der Waals surface area contributed by atoms with E-state index in [1.807, 2.05) is 13.8 Å². The number of carbonyl (C=O) groups excluding carboxylic acids is 1. The van der Waals surface area contributed by atoms with Crippen molar-refractivity contribution < 1.29 is 13.9 Å². The van der Waals surface area contributed by atoms with Crippen LogP contribution in [0, 0.1) is 5.82 Å². The molecule has 0 atom stereocenters. The molecule has 118 valence electrons. The first-order valence-electron chi connectivity index (χ1n) is 7.30. The van der Waals surface area contributed by atoms with Gasteiger partial charge >= 0.3 is 0 Å². The largest absolute Gasteiger partial charge is 0.497 e. The van der Waals surface area contributed by atoms with Crippen molar-refractivity contribution in [2.75, 3.05) is 13.7 Å². The van der Waals surface area contributed by atoms with Gasteiger partial charge in [-0.25, -0.2) is 4.39 Å². The Morgan fingerprint density at radius 1 is 1.36 bits per heavy atom. The molecule has 1 aromatic heterocycles. The number of rotatable bonds is 6. The van der Waals surface area contributed by atoms with Crippen LogP contribution in [0.2, 0.25) is 0 Å². The zero-order valence-corrected chi connectivity index (χ0v) is 13.0. The van der Waals surface area contributed by atoms with Gasteiger partial charge in [-0.05, 0) is 31.5 Å². The zero-order valence-electron chi connectivity index (χ0n) is 13.0. The average Bonchev–Trinajstić information content (AvgIpc) is 2.96. The van der Waals surface area contributed by atoms with Crippen LogP contribution >= 0.6 is 0 Å². The smallest absolute Gasteiger partial charge is 0.269 e. The molecule has 0 aliphatic carbocycles. The molecule has 0 aliphatic heterocycles. The van der Waals surface area contributed by atoms with Gasteiger partial charge in [0, 0.05) is 24.7 Å². The topological polar surface area (TPSA) is 56.1 Å². The third-order valence-electron chi connectivity index (χ3n) is 3.30. The predicted molar refractivity (Wildman–Crippen MR) is 82.5 cm³/mol. The van der Waals surface area contributed by atoms with E-state index in [4.69, 9.17) is 4.74 Å². The Bertz CT molecular complexity index is 667. The van der Waals surface area contributed by atoms with Gasteiger partial charge in [-0.2, -0.15) is 5.10 Å². The first kappa shape index (κ1) is 16.0. The fourth-order valence-electron chi connectivity index (χ4n) is 2.13. The average molecular weight is 305 g/mol. The van der Waals surface area contributed by atoms with Crippen LogP contribution < -0.4 is 10.1 Å². The van der Waals surface area contributed by atoms with Crippen LogP contribution in [0.1, 0.15) is 30.8 Å². The van der Waals surface area contributed by atoms with Gasteiger partial charge in [0.25, 0.3) is 5.91 Å². The number of benzene rings is 1. The molecule has 0 radical (unpaired) electrons. The molecule has 22 heavy (non-hydrogen) atoms. The molecular weight excluding hydrogens is 285 g/mol. The maximum atomic E-state index is 14.1. The minimum atomic E-state index is -0.430. The Kier molecular flexibility index (Phi) is 5.14. The summed E-state index contributed by atoms with van der Waals surface area (Å²) in [5, 5.41) is 7.13. The normalized spacial score (nSPS) is 10.5. The van der Waals surface area contributed by atoms with Gasteiger partial charge in [-0.1, -0.05) is 6.92 Å². The molecule has 0 saturated carbocycles. The molecule has 0 unspecified atom stereocenters. The summed E-state index contributed by atoms with van der Waals surface area (Å²) in [6.07, 6.45) is 0.853. The van der Waals surface area contributed by atoms with Crippen LogP contribution in [0.3, 0.4) is 0 Å². The van der Waals surface area contributed by atoms with Crippen molar-refractivity contribution >= 4 is 5.91 Å². The van der Waals surface area contributed by atoms with E-state index in [0.717, 1.165) is 6.42 Å². The summed E-state index contributed by atoms with van der Waals surface area (Å²) in [4.78, 5) is 12.1. The number of nitrogens with zero attached hydrogens (tertiary/aromatic N) is 2. The van der Waals surface area contributed by atoms with Crippen molar-refractivity contribution in [3.8, 4) is 17.0 Å². The Morgan fingerprint density at radius 2 is 2.14 bits per heavy atom. The van der Waals surface area contributed by atoms with Crippen molar-refractivity contribution in [2.45, 2.75) is 26.8 Å². The molecule has 1 amide bonds. The Labute approximate surface area is 129 Å². The lowest BCUT2D eigenvalue weighted by Gasteiger charge is -2.04. The Hall–Kier alpha value is -2.37. The van der Waals surface area contributed by atoms with Gasteiger partial charge < -0.3 is 10.1 Å². The molecular formula is C16H20FN3O2. The van der Waals surface area contributed by atoms with Crippen molar-refractivity contribution in [1.29, 1.82) is 0 Å². The number of hydrogen-bond acceptors (Lipinski definition) is 3. The van der Waals surface area contributed by atoms with Crippen molar-refractivity contribution in [1.82, 2.24) is 15.1 Å². The van der Waals surface area contributed by atoms with E-state index < -0.39 is 5.82 Å². The molecule has 1 heterocycles. The molecule has 0 saturated heterocycles. The van der Waals surface area contributed by atoms with Gasteiger partial charge in [0.15, 0.2) is 0 Å². The number of aromatic nitrogens is 2. The van der Waals surface area contributed by atoms with E-state index in [0.29, 0.717) is 35.8 Å². The van der Waals surface area contributed by atoms with Gasteiger partial charge in [0.1, 0.15) is 17.3 Å². The first-order chi connectivity index (χ1) is 10.6. The lowest BCUT2D eigenvalue weighted by molar-refractivity contribution is 0.0943. The minimum absolute atomic E-state index is 0.198. The molecule has 1 aromatic carbocycles. The fourth-order valence-corrected chi connectivity index (χ4v) is 2.13. The standard InChI is InChI=1S/C16H20FN3O2/c1-4-8-18-16(21)15-10-14(19-20(15)5-2)12-7-6-11(22-3)9-13(12)17/h6-7,9-10H,4-5,8H2,1-3H3,(H,18,21). The highest BCUT2D eigenvalue weighted by Gasteiger charge is 2.17. The van der Waals surface area contributed by atoms with E-state index in [1.54, 1.807) is 22.9 Å². The zero-order chi connectivity index (χ0) is 16.1. The second-order valence-electron chi connectivity index (χ2n) is 4.83. The van der Waals surface area contributed by atoms with E-state index in [1.165, 1.54) is 13.2 Å². The van der Waals surface area contributed by atoms with Gasteiger partial charge in [0.05, 0.1) is 12.8 Å². The summed E-state index contributed by atoms with van der Waals surface area (Å²) in [6.45, 7) is 5.00. The lowest BCUT2D eigenvalue weighted by atomic mass is 10.1. The quantitative estimate of drug-likeness (QED) is 0.893. The predicted octanol–water partition coefficient (Wildman–Crippen LogP) is 2.86. The fraction of sp³-hybridized carbons (Fsp3) is 0.375. The molecule has 0 aliphatic rings. The van der Waals surface area contributed by atoms with Crippen LogP contribution in [0.15, 0.2) is 24.3 Å². The monoisotopic (exact) mass is 305 g/mol. The summed E-state index contributed by atoms with van der Waals surface area (Å²) < 4.78 is 20.7. The number of ether oxygens (including phenoxy) is 1. The van der Waals surface area contributed by atoms with Crippen LogP contribution in [0.25, 0.3) is 11.3 Å². The van der Waals surface area contributed by atoms with Crippen LogP contribution in [-0.4, -0.2) is 29.3 Å². The summed E-state index contributed by atoms with van der Waals surface area (Å²) >= 11 is 0. The molecule has 2 rings (SSSR count). The lowest BCUT2D eigenvalue weighted by Crippen LogP contribution is -2.26. The number of amides is 1. The SMILES string of the molecule is CCCNC(=O)c1cc(-c2ccc(OC)cc2F)nn1CC. The molecule has 6 heteroatoms. The number of aryl methyl sites for hydroxylation is 1. The second-order valence-corrected chi connectivity index (χ2v) is 4.83. The van der Waals surface area contributed by atoms with E-state index in [2.05, 4.69) is 10.4 Å². The van der Waals surface area contributed by atoms with E-state index in [9.17, 15) is 9.18 Å². The van der Waals surface area contributed by atoms with Crippen molar-refractivity contribution in [3.63, 3.8) is 0 Å². The summed E-state index contributed by atoms with van der Waals surface area (Å²) in [6, 6.07) is 6.18. The summed E-state index contributed by atoms with van der Waals surface area (Å²) in [7, 11) is 1.48. The second kappa shape index (κ2) is 7.06. The van der Waals surface area contributed by atoms with E-state index in [-0.39, 0.29) is 5.91 Å². The molecule has 0 fully saturated rings. The highest BCUT2D eigenvalue weighted by molar-refractivity contribution is 5.93. The first-order valence-corrected chi connectivity index (χ1v) is 7.30. The third kappa shape index (κ3) is 3.27. The third-order valence-corrected chi connectivity index (χ3v) is 3.30. The van der Waals surface area contributed by atoms with E-state index >= 15 is 0 Å². The molecule has 0 bridgehead atoms. The number of halogens is 1.